The standard InChI is InChI=1S/C20H22FN2P/c1-23(2)24(21,17-11-5-3-6-12-17,18-13-7-4-8-14-18)20-16-10-9-15-19(20)22/h3-16H,22H2,1-2H3. The zero-order valence-corrected chi connectivity index (χ0v) is 14.8. The molecule has 0 spiro atoms. The van der Waals surface area contributed by atoms with Gasteiger partial charge in [-0.05, 0) is 0 Å². The van der Waals surface area contributed by atoms with Crippen LogP contribution in [0.2, 0.25) is 0 Å². The monoisotopic (exact) mass is 340 g/mol. The number of nitrogen functional groups attached to an aromatic ring is 1. The first-order valence-electron chi connectivity index (χ1n) is 7.87. The van der Waals surface area contributed by atoms with E-state index >= 15 is 4.20 Å². The number of hydrogen-bond acceptors (Lipinski definition) is 2. The maximum atomic E-state index is 17.7. The molecule has 0 atom stereocenters. The van der Waals surface area contributed by atoms with Crippen LogP contribution >= 0.6 is 7.06 Å². The van der Waals surface area contributed by atoms with Gasteiger partial charge in [-0.2, -0.15) is 0 Å². The van der Waals surface area contributed by atoms with Gasteiger partial charge in [-0.15, -0.1) is 0 Å². The third kappa shape index (κ3) is 2.16. The third-order valence-corrected chi connectivity index (χ3v) is 9.85. The molecule has 3 aromatic carbocycles. The van der Waals surface area contributed by atoms with Crippen LogP contribution in [0.5, 0.6) is 0 Å². The fourth-order valence-corrected chi connectivity index (χ4v) is 7.91. The second kappa shape index (κ2) is 6.01. The first kappa shape index (κ1) is 16.6. The average Bonchev–Trinajstić information content (AvgIpc) is 2.63. The summed E-state index contributed by atoms with van der Waals surface area (Å²) in [5, 5.41) is 1.85. The molecule has 0 fully saturated rings. The van der Waals surface area contributed by atoms with Gasteiger partial charge < -0.3 is 0 Å². The second-order valence-electron chi connectivity index (χ2n) is 6.04. The number of nitrogens with two attached hydrogens (primary N) is 1. The van der Waals surface area contributed by atoms with Crippen LogP contribution in [0.3, 0.4) is 0 Å². The molecule has 3 rings (SSSR count). The molecule has 0 radical (unpaired) electrons. The number of anilines is 1. The number of benzene rings is 3. The molecule has 0 aliphatic carbocycles. The Labute approximate surface area is 142 Å². The fourth-order valence-electron chi connectivity index (χ4n) is 3.36. The summed E-state index contributed by atoms with van der Waals surface area (Å²) in [6.07, 6.45) is 0. The molecule has 4 heteroatoms. The van der Waals surface area contributed by atoms with Crippen LogP contribution in [0.25, 0.3) is 0 Å². The SMILES string of the molecule is CN(C)P(F)(c1ccccc1)(c1ccccc1)c1ccccc1N. The molecular weight excluding hydrogens is 318 g/mol. The summed E-state index contributed by atoms with van der Waals surface area (Å²) in [7, 11) is -0.757. The average molecular weight is 340 g/mol. The van der Waals surface area contributed by atoms with E-state index in [0.717, 1.165) is 0 Å². The summed E-state index contributed by atoms with van der Waals surface area (Å²) in [5.41, 5.74) is 6.74. The van der Waals surface area contributed by atoms with Gasteiger partial charge in [-0.1, -0.05) is 0 Å². The molecule has 2 nitrogen and oxygen atoms in total. The van der Waals surface area contributed by atoms with Crippen molar-refractivity contribution in [3.05, 3.63) is 84.9 Å². The van der Waals surface area contributed by atoms with Crippen LogP contribution < -0.4 is 21.6 Å². The van der Waals surface area contributed by atoms with E-state index in [2.05, 4.69) is 0 Å². The van der Waals surface area contributed by atoms with Crippen LogP contribution in [0.15, 0.2) is 84.9 Å². The summed E-state index contributed by atoms with van der Waals surface area (Å²) < 4.78 is 19.5. The fraction of sp³-hybridized carbons (Fsp3) is 0.100. The van der Waals surface area contributed by atoms with Gasteiger partial charge in [0.2, 0.25) is 0 Å². The van der Waals surface area contributed by atoms with Crippen molar-refractivity contribution in [2.24, 2.45) is 0 Å². The van der Waals surface area contributed by atoms with E-state index in [1.807, 2.05) is 78.9 Å². The van der Waals surface area contributed by atoms with Crippen molar-refractivity contribution in [3.8, 4) is 0 Å². The number of nitrogens with zero attached hydrogens (tertiary/aromatic N) is 1. The molecule has 3 aromatic rings. The van der Waals surface area contributed by atoms with Crippen LogP contribution in [0.1, 0.15) is 0 Å². The molecule has 0 bridgehead atoms. The summed E-state index contributed by atoms with van der Waals surface area (Å²) in [5.74, 6) is 0. The summed E-state index contributed by atoms with van der Waals surface area (Å²) in [6.45, 7) is 0. The molecule has 0 saturated heterocycles. The first-order valence-corrected chi connectivity index (χ1v) is 9.95. The maximum absolute atomic E-state index is 17.7. The summed E-state index contributed by atoms with van der Waals surface area (Å²) >= 11 is 0. The van der Waals surface area contributed by atoms with Crippen molar-refractivity contribution < 1.29 is 4.20 Å². The molecule has 2 N–H and O–H groups in total. The normalized spacial score (nSPS) is 13.4. The molecule has 24 heavy (non-hydrogen) atoms. The van der Waals surface area contributed by atoms with Crippen molar-refractivity contribution in [3.63, 3.8) is 0 Å². The quantitative estimate of drug-likeness (QED) is 0.582. The first-order chi connectivity index (χ1) is 11.5. The number of para-hydroxylation sites is 1. The minimum absolute atomic E-state index is 0.471. The third-order valence-electron chi connectivity index (χ3n) is 4.58. The topological polar surface area (TPSA) is 29.3 Å². The van der Waals surface area contributed by atoms with Crippen LogP contribution in [-0.4, -0.2) is 18.8 Å². The van der Waals surface area contributed by atoms with Gasteiger partial charge >= 0.3 is 142 Å². The van der Waals surface area contributed by atoms with Crippen molar-refractivity contribution in [2.75, 3.05) is 19.8 Å². The van der Waals surface area contributed by atoms with Crippen LogP contribution in [-0.2, 0) is 0 Å². The van der Waals surface area contributed by atoms with Crippen LogP contribution in [0.4, 0.5) is 9.88 Å². The number of hydrogen-bond donors (Lipinski definition) is 1. The van der Waals surface area contributed by atoms with Crippen molar-refractivity contribution in [1.29, 1.82) is 0 Å². The van der Waals surface area contributed by atoms with Gasteiger partial charge in [0.15, 0.2) is 0 Å². The Balaban J connectivity index is 2.52. The Bertz CT molecular complexity index is 795. The van der Waals surface area contributed by atoms with Crippen LogP contribution in [0, 0.1) is 0 Å². The Morgan fingerprint density at radius 2 is 1.12 bits per heavy atom. The Morgan fingerprint density at radius 3 is 1.54 bits per heavy atom. The molecule has 0 saturated carbocycles. The van der Waals surface area contributed by atoms with E-state index in [0.29, 0.717) is 21.6 Å². The Kier molecular flexibility index (Phi) is 4.16. The van der Waals surface area contributed by atoms with Gasteiger partial charge in [0.25, 0.3) is 0 Å². The number of halogens is 1. The van der Waals surface area contributed by atoms with Gasteiger partial charge in [0.1, 0.15) is 0 Å². The van der Waals surface area contributed by atoms with E-state index in [4.69, 9.17) is 5.73 Å². The summed E-state index contributed by atoms with van der Waals surface area (Å²) in [4.78, 5) is 0. The van der Waals surface area contributed by atoms with E-state index in [9.17, 15) is 0 Å². The molecular formula is C20H22FN2P. The predicted molar refractivity (Wildman–Crippen MR) is 104 cm³/mol. The molecule has 0 aromatic heterocycles. The van der Waals surface area contributed by atoms with Crippen molar-refractivity contribution in [1.82, 2.24) is 4.67 Å². The van der Waals surface area contributed by atoms with Gasteiger partial charge in [0, 0.05) is 0 Å². The minimum atomic E-state index is -4.35. The van der Waals surface area contributed by atoms with Gasteiger partial charge in [-0.25, -0.2) is 0 Å². The van der Waals surface area contributed by atoms with Crippen molar-refractivity contribution in [2.45, 2.75) is 0 Å². The summed E-state index contributed by atoms with van der Waals surface area (Å²) in [6, 6.07) is 26.0. The van der Waals surface area contributed by atoms with E-state index in [1.54, 1.807) is 24.8 Å². The van der Waals surface area contributed by atoms with E-state index in [-0.39, 0.29) is 0 Å². The van der Waals surface area contributed by atoms with E-state index < -0.39 is 7.06 Å². The molecule has 0 aliphatic rings. The predicted octanol–water partition coefficient (Wildman–Crippen LogP) is 3.46. The second-order valence-corrected chi connectivity index (χ2v) is 10.3. The van der Waals surface area contributed by atoms with E-state index in [1.165, 1.54) is 0 Å². The Morgan fingerprint density at radius 1 is 0.708 bits per heavy atom. The Hall–Kier alpha value is -2.22. The molecule has 0 aliphatic heterocycles. The molecule has 124 valence electrons. The van der Waals surface area contributed by atoms with Crippen molar-refractivity contribution >= 4 is 28.7 Å². The van der Waals surface area contributed by atoms with Gasteiger partial charge in [-0.3, -0.25) is 0 Å². The number of rotatable bonds is 4. The molecule has 0 unspecified atom stereocenters. The molecule has 0 heterocycles. The zero-order valence-electron chi connectivity index (χ0n) is 13.9. The molecule has 0 amide bonds. The van der Waals surface area contributed by atoms with Gasteiger partial charge in [0.05, 0.1) is 0 Å². The zero-order chi connectivity index (χ0) is 17.2.